The normalized spacial score (nSPS) is 10.3. The van der Waals surface area contributed by atoms with Crippen molar-refractivity contribution in [1.29, 1.82) is 0 Å². The maximum Gasteiger partial charge on any atom is 0.311 e. The molecule has 0 heterocycles. The number of nitrogens with zero attached hydrogens (tertiary/aromatic N) is 1. The molecule has 2 aromatic carbocycles. The van der Waals surface area contributed by atoms with E-state index in [4.69, 9.17) is 4.74 Å². The maximum absolute atomic E-state index is 13.2. The molecule has 0 aliphatic carbocycles. The van der Waals surface area contributed by atoms with Gasteiger partial charge in [-0.2, -0.15) is 0 Å². The summed E-state index contributed by atoms with van der Waals surface area (Å²) in [5.41, 5.74) is 1.20. The Hall–Kier alpha value is -2.76. The molecule has 0 bridgehead atoms. The van der Waals surface area contributed by atoms with Crippen LogP contribution in [0.5, 0.6) is 5.75 Å². The molecule has 0 radical (unpaired) electrons. The van der Waals surface area contributed by atoms with Gasteiger partial charge in [-0.1, -0.05) is 37.6 Å². The molecule has 0 saturated carbocycles. The van der Waals surface area contributed by atoms with Crippen molar-refractivity contribution >= 4 is 11.5 Å². The number of benzene rings is 2. The largest absolute Gasteiger partial charge is 0.478 e. The van der Waals surface area contributed by atoms with Crippen molar-refractivity contribution in [1.82, 2.24) is 0 Å². The molecule has 2 rings (SSSR count). The van der Waals surface area contributed by atoms with Gasteiger partial charge in [0.15, 0.2) is 18.1 Å². The van der Waals surface area contributed by atoms with E-state index in [-0.39, 0.29) is 17.2 Å². The van der Waals surface area contributed by atoms with Gasteiger partial charge in [-0.3, -0.25) is 14.9 Å². The van der Waals surface area contributed by atoms with E-state index < -0.39 is 17.3 Å². The number of hydrogen-bond acceptors (Lipinski definition) is 4. The second-order valence-corrected chi connectivity index (χ2v) is 5.03. The van der Waals surface area contributed by atoms with Crippen LogP contribution in [-0.2, 0) is 6.42 Å². The molecule has 0 aliphatic heterocycles. The van der Waals surface area contributed by atoms with Gasteiger partial charge in [0.1, 0.15) is 5.82 Å². The fraction of sp³-hybridized carbons (Fsp3) is 0.235. The maximum atomic E-state index is 13.2. The summed E-state index contributed by atoms with van der Waals surface area (Å²) in [5.74, 6) is -1.25. The molecule has 0 amide bonds. The number of ketones is 1. The van der Waals surface area contributed by atoms with Crippen LogP contribution in [0.15, 0.2) is 42.5 Å². The van der Waals surface area contributed by atoms with Gasteiger partial charge in [-0.25, -0.2) is 4.39 Å². The van der Waals surface area contributed by atoms with Gasteiger partial charge in [-0.15, -0.1) is 0 Å². The molecular formula is C17H16FNO4. The standard InChI is InChI=1S/C17H16FNO4/c1-2-3-12-4-6-13(7-5-12)16(20)11-23-17-10-14(18)8-9-15(17)19(21)22/h4-10H,2-3,11H2,1H3. The molecule has 5 nitrogen and oxygen atoms in total. The summed E-state index contributed by atoms with van der Waals surface area (Å²) in [6.07, 6.45) is 1.94. The van der Waals surface area contributed by atoms with Crippen molar-refractivity contribution in [2.75, 3.05) is 6.61 Å². The minimum absolute atomic E-state index is 0.258. The van der Waals surface area contributed by atoms with Crippen molar-refractivity contribution in [3.63, 3.8) is 0 Å². The van der Waals surface area contributed by atoms with Crippen LogP contribution >= 0.6 is 0 Å². The first-order valence-electron chi connectivity index (χ1n) is 7.20. The van der Waals surface area contributed by atoms with Crippen LogP contribution in [0, 0.1) is 15.9 Å². The van der Waals surface area contributed by atoms with E-state index in [2.05, 4.69) is 6.92 Å². The molecular weight excluding hydrogens is 301 g/mol. The highest BCUT2D eigenvalue weighted by molar-refractivity contribution is 5.97. The molecule has 0 aromatic heterocycles. The van der Waals surface area contributed by atoms with Gasteiger partial charge in [0.2, 0.25) is 0 Å². The number of rotatable bonds is 7. The number of nitro benzene ring substituents is 1. The number of halogens is 1. The van der Waals surface area contributed by atoms with E-state index in [0.717, 1.165) is 36.6 Å². The number of carbonyl (C=O) groups is 1. The van der Waals surface area contributed by atoms with Gasteiger partial charge >= 0.3 is 5.69 Å². The van der Waals surface area contributed by atoms with E-state index >= 15 is 0 Å². The number of Topliss-reactive ketones (excluding diaryl/α,β-unsaturated/α-hetero) is 1. The summed E-state index contributed by atoms with van der Waals surface area (Å²) < 4.78 is 18.3. The summed E-state index contributed by atoms with van der Waals surface area (Å²) in [5, 5.41) is 10.9. The summed E-state index contributed by atoms with van der Waals surface area (Å²) in [7, 11) is 0. The molecule has 120 valence electrons. The van der Waals surface area contributed by atoms with Crippen LogP contribution in [0.2, 0.25) is 0 Å². The van der Waals surface area contributed by atoms with Crippen LogP contribution in [0.4, 0.5) is 10.1 Å². The van der Waals surface area contributed by atoms with E-state index in [1.165, 1.54) is 0 Å². The molecule has 23 heavy (non-hydrogen) atoms. The lowest BCUT2D eigenvalue weighted by atomic mass is 10.1. The zero-order valence-electron chi connectivity index (χ0n) is 12.6. The third-order valence-corrected chi connectivity index (χ3v) is 3.29. The Balaban J connectivity index is 2.07. The number of ether oxygens (including phenoxy) is 1. The number of nitro groups is 1. The van der Waals surface area contributed by atoms with Gasteiger partial charge in [0.05, 0.1) is 4.92 Å². The Morgan fingerprint density at radius 2 is 1.91 bits per heavy atom. The smallest absolute Gasteiger partial charge is 0.311 e. The fourth-order valence-corrected chi connectivity index (χ4v) is 2.13. The summed E-state index contributed by atoms with van der Waals surface area (Å²) in [6.45, 7) is 1.68. The first kappa shape index (κ1) is 16.6. The zero-order valence-corrected chi connectivity index (χ0v) is 12.6. The van der Waals surface area contributed by atoms with Crippen LogP contribution in [-0.4, -0.2) is 17.3 Å². The second-order valence-electron chi connectivity index (χ2n) is 5.03. The third kappa shape index (κ3) is 4.35. The lowest BCUT2D eigenvalue weighted by Gasteiger charge is -2.07. The monoisotopic (exact) mass is 317 g/mol. The first-order valence-corrected chi connectivity index (χ1v) is 7.20. The average molecular weight is 317 g/mol. The highest BCUT2D eigenvalue weighted by Gasteiger charge is 2.17. The van der Waals surface area contributed by atoms with Crippen molar-refractivity contribution in [3.05, 3.63) is 69.5 Å². The average Bonchev–Trinajstić information content (AvgIpc) is 2.53. The van der Waals surface area contributed by atoms with Crippen LogP contribution < -0.4 is 4.74 Å². The predicted molar refractivity (Wildman–Crippen MR) is 83.3 cm³/mol. The van der Waals surface area contributed by atoms with Crippen molar-refractivity contribution in [2.24, 2.45) is 0 Å². The molecule has 2 aromatic rings. The lowest BCUT2D eigenvalue weighted by Crippen LogP contribution is -2.12. The molecule has 0 fully saturated rings. The van der Waals surface area contributed by atoms with Gasteiger partial charge in [0, 0.05) is 17.7 Å². The number of hydrogen-bond donors (Lipinski definition) is 0. The van der Waals surface area contributed by atoms with Crippen molar-refractivity contribution < 1.29 is 18.8 Å². The zero-order chi connectivity index (χ0) is 16.8. The van der Waals surface area contributed by atoms with Gasteiger partial charge in [-0.05, 0) is 18.1 Å². The topological polar surface area (TPSA) is 69.4 Å². The van der Waals surface area contributed by atoms with Crippen LogP contribution in [0.25, 0.3) is 0 Å². The third-order valence-electron chi connectivity index (χ3n) is 3.29. The minimum Gasteiger partial charge on any atom is -0.478 e. The number of carbonyl (C=O) groups excluding carboxylic acids is 1. The molecule has 6 heteroatoms. The SMILES string of the molecule is CCCc1ccc(C(=O)COc2cc(F)ccc2[N+](=O)[O-])cc1. The highest BCUT2D eigenvalue weighted by Crippen LogP contribution is 2.27. The van der Waals surface area contributed by atoms with Crippen LogP contribution in [0.1, 0.15) is 29.3 Å². The lowest BCUT2D eigenvalue weighted by molar-refractivity contribution is -0.385. The predicted octanol–water partition coefficient (Wildman–Crippen LogP) is 3.95. The minimum atomic E-state index is -0.682. The highest BCUT2D eigenvalue weighted by atomic mass is 19.1. The van der Waals surface area contributed by atoms with Crippen LogP contribution in [0.3, 0.4) is 0 Å². The molecule has 0 aliphatic rings. The Bertz CT molecular complexity index is 713. The first-order chi connectivity index (χ1) is 11.0. The molecule has 0 unspecified atom stereocenters. The summed E-state index contributed by atoms with van der Waals surface area (Å²) in [6, 6.07) is 9.99. The van der Waals surface area contributed by atoms with Crippen molar-refractivity contribution in [3.8, 4) is 5.75 Å². The van der Waals surface area contributed by atoms with E-state index in [1.807, 2.05) is 12.1 Å². The molecule has 0 spiro atoms. The Kier molecular flexibility index (Phi) is 5.41. The van der Waals surface area contributed by atoms with E-state index in [0.29, 0.717) is 5.56 Å². The van der Waals surface area contributed by atoms with Gasteiger partial charge < -0.3 is 4.74 Å². The second kappa shape index (κ2) is 7.49. The summed E-state index contributed by atoms with van der Waals surface area (Å²) >= 11 is 0. The Labute approximate surface area is 132 Å². The Morgan fingerprint density at radius 1 is 1.22 bits per heavy atom. The summed E-state index contributed by atoms with van der Waals surface area (Å²) in [4.78, 5) is 22.2. The quantitative estimate of drug-likeness (QED) is 0.440. The molecule has 0 N–H and O–H groups in total. The molecule has 0 saturated heterocycles. The Morgan fingerprint density at radius 3 is 2.52 bits per heavy atom. The number of aryl methyl sites for hydroxylation is 1. The molecule has 0 atom stereocenters. The van der Waals surface area contributed by atoms with E-state index in [1.54, 1.807) is 12.1 Å². The van der Waals surface area contributed by atoms with Gasteiger partial charge in [0.25, 0.3) is 0 Å². The van der Waals surface area contributed by atoms with Crippen molar-refractivity contribution in [2.45, 2.75) is 19.8 Å². The fourth-order valence-electron chi connectivity index (χ4n) is 2.13. The van der Waals surface area contributed by atoms with E-state index in [9.17, 15) is 19.3 Å².